The number of thioether (sulfide) groups is 1. The lowest BCUT2D eigenvalue weighted by atomic mass is 10.2. The van der Waals surface area contributed by atoms with Crippen LogP contribution in [0.5, 0.6) is 0 Å². The van der Waals surface area contributed by atoms with E-state index < -0.39 is 0 Å². The van der Waals surface area contributed by atoms with Gasteiger partial charge in [0.1, 0.15) is 0 Å². The third kappa shape index (κ3) is 4.70. The first-order valence-corrected chi connectivity index (χ1v) is 9.32. The topological polar surface area (TPSA) is 73.1 Å². The van der Waals surface area contributed by atoms with E-state index in [1.54, 1.807) is 13.3 Å². The number of oxazole rings is 1. The fraction of sp³-hybridized carbons (Fsp3) is 0.267. The van der Waals surface area contributed by atoms with Gasteiger partial charge in [0.25, 0.3) is 0 Å². The standard InChI is InChI=1S/C15H15ClN4O2S2/c1-21-6-5-17-14-19-20-15(24-14)23-9-13-18-8-12(22-13)10-3-2-4-11(16)7-10/h2-4,7-8H,5-6,9H2,1H3,(H,17,19). The number of rotatable bonds is 8. The Hall–Kier alpha value is -1.61. The van der Waals surface area contributed by atoms with Crippen molar-refractivity contribution in [2.75, 3.05) is 25.6 Å². The SMILES string of the molecule is COCCNc1nnc(SCc2ncc(-c3cccc(Cl)c3)o2)s1. The number of anilines is 1. The van der Waals surface area contributed by atoms with E-state index in [-0.39, 0.29) is 0 Å². The first kappa shape index (κ1) is 17.2. The molecule has 0 unspecified atom stereocenters. The molecule has 0 bridgehead atoms. The molecule has 1 N–H and O–H groups in total. The van der Waals surface area contributed by atoms with Crippen molar-refractivity contribution in [1.82, 2.24) is 15.2 Å². The van der Waals surface area contributed by atoms with Gasteiger partial charge in [0.15, 0.2) is 10.1 Å². The van der Waals surface area contributed by atoms with Crippen molar-refractivity contribution < 1.29 is 9.15 Å². The van der Waals surface area contributed by atoms with Crippen molar-refractivity contribution in [3.8, 4) is 11.3 Å². The Bertz CT molecular complexity index is 793. The summed E-state index contributed by atoms with van der Waals surface area (Å²) in [6.07, 6.45) is 1.71. The molecule has 0 aliphatic carbocycles. The summed E-state index contributed by atoms with van der Waals surface area (Å²) >= 11 is 9.03. The Morgan fingerprint density at radius 3 is 3.12 bits per heavy atom. The van der Waals surface area contributed by atoms with E-state index in [0.717, 1.165) is 15.0 Å². The number of hydrogen-bond acceptors (Lipinski definition) is 8. The molecule has 0 saturated carbocycles. The van der Waals surface area contributed by atoms with Crippen LogP contribution in [0.1, 0.15) is 5.89 Å². The molecule has 0 saturated heterocycles. The third-order valence-electron chi connectivity index (χ3n) is 2.97. The fourth-order valence-electron chi connectivity index (χ4n) is 1.88. The number of ether oxygens (including phenoxy) is 1. The van der Waals surface area contributed by atoms with Crippen molar-refractivity contribution in [1.29, 1.82) is 0 Å². The second-order valence-electron chi connectivity index (χ2n) is 4.71. The highest BCUT2D eigenvalue weighted by molar-refractivity contribution is 8.00. The van der Waals surface area contributed by atoms with Crippen LogP contribution < -0.4 is 5.32 Å². The van der Waals surface area contributed by atoms with Crippen LogP contribution in [0.25, 0.3) is 11.3 Å². The molecule has 0 atom stereocenters. The Morgan fingerprint density at radius 1 is 1.38 bits per heavy atom. The maximum atomic E-state index is 6.00. The molecule has 0 amide bonds. The molecule has 0 aliphatic heterocycles. The number of aromatic nitrogens is 3. The van der Waals surface area contributed by atoms with Crippen LogP contribution in [-0.2, 0) is 10.5 Å². The second-order valence-corrected chi connectivity index (χ2v) is 7.35. The summed E-state index contributed by atoms with van der Waals surface area (Å²) in [4.78, 5) is 4.30. The van der Waals surface area contributed by atoms with Crippen molar-refractivity contribution >= 4 is 39.8 Å². The van der Waals surface area contributed by atoms with Crippen LogP contribution in [0.15, 0.2) is 39.2 Å². The Kier molecular flexibility index (Phi) is 6.08. The highest BCUT2D eigenvalue weighted by Crippen LogP contribution is 2.30. The van der Waals surface area contributed by atoms with Gasteiger partial charge in [0, 0.05) is 24.2 Å². The number of hydrogen-bond donors (Lipinski definition) is 1. The van der Waals surface area contributed by atoms with Gasteiger partial charge < -0.3 is 14.5 Å². The van der Waals surface area contributed by atoms with Gasteiger partial charge in [-0.25, -0.2) is 4.98 Å². The number of nitrogens with one attached hydrogen (secondary N) is 1. The maximum absolute atomic E-state index is 6.00. The fourth-order valence-corrected chi connectivity index (χ4v) is 3.70. The lowest BCUT2D eigenvalue weighted by molar-refractivity contribution is 0.211. The lowest BCUT2D eigenvalue weighted by Gasteiger charge is -1.98. The second kappa shape index (κ2) is 8.48. The zero-order chi connectivity index (χ0) is 16.8. The molecule has 6 nitrogen and oxygen atoms in total. The predicted octanol–water partition coefficient (Wildman–Crippen LogP) is 4.20. The van der Waals surface area contributed by atoms with Crippen molar-refractivity contribution in [2.24, 2.45) is 0 Å². The summed E-state index contributed by atoms with van der Waals surface area (Å²) in [6.45, 7) is 1.34. The molecule has 2 heterocycles. The minimum Gasteiger partial charge on any atom is -0.440 e. The van der Waals surface area contributed by atoms with Gasteiger partial charge in [0.05, 0.1) is 18.6 Å². The number of nitrogens with zero attached hydrogens (tertiary/aromatic N) is 3. The Morgan fingerprint density at radius 2 is 2.29 bits per heavy atom. The summed E-state index contributed by atoms with van der Waals surface area (Å²) in [5.41, 5.74) is 0.909. The van der Waals surface area contributed by atoms with Gasteiger partial charge >= 0.3 is 0 Å². The average molecular weight is 383 g/mol. The third-order valence-corrected chi connectivity index (χ3v) is 5.20. The van der Waals surface area contributed by atoms with Crippen LogP contribution in [-0.4, -0.2) is 35.4 Å². The lowest BCUT2D eigenvalue weighted by Crippen LogP contribution is -2.06. The zero-order valence-electron chi connectivity index (χ0n) is 12.9. The van der Waals surface area contributed by atoms with Crippen LogP contribution in [0.4, 0.5) is 5.13 Å². The number of methoxy groups -OCH3 is 1. The quantitative estimate of drug-likeness (QED) is 0.462. The van der Waals surface area contributed by atoms with E-state index >= 15 is 0 Å². The molecule has 0 aliphatic rings. The predicted molar refractivity (Wildman–Crippen MR) is 96.8 cm³/mol. The van der Waals surface area contributed by atoms with Gasteiger partial charge in [-0.3, -0.25) is 0 Å². The number of halogens is 1. The molecule has 1 aromatic carbocycles. The van der Waals surface area contributed by atoms with Gasteiger partial charge in [-0.2, -0.15) is 0 Å². The van der Waals surface area contributed by atoms with Gasteiger partial charge in [-0.1, -0.05) is 46.8 Å². The molecular weight excluding hydrogens is 368 g/mol. The molecule has 126 valence electrons. The minimum atomic E-state index is 0.591. The molecule has 0 radical (unpaired) electrons. The highest BCUT2D eigenvalue weighted by Gasteiger charge is 2.10. The molecule has 3 rings (SSSR count). The smallest absolute Gasteiger partial charge is 0.206 e. The van der Waals surface area contributed by atoms with Crippen LogP contribution in [0.2, 0.25) is 5.02 Å². The molecule has 24 heavy (non-hydrogen) atoms. The normalized spacial score (nSPS) is 10.9. The summed E-state index contributed by atoms with van der Waals surface area (Å²) in [6, 6.07) is 7.49. The highest BCUT2D eigenvalue weighted by atomic mass is 35.5. The average Bonchev–Trinajstić information content (AvgIpc) is 3.22. The van der Waals surface area contributed by atoms with Gasteiger partial charge in [-0.15, -0.1) is 10.2 Å². The maximum Gasteiger partial charge on any atom is 0.206 e. The molecule has 0 fully saturated rings. The molecule has 3 aromatic rings. The first-order chi connectivity index (χ1) is 11.7. The molecule has 2 aromatic heterocycles. The van der Waals surface area contributed by atoms with E-state index in [1.165, 1.54) is 23.1 Å². The van der Waals surface area contributed by atoms with Crippen molar-refractivity contribution in [3.05, 3.63) is 41.4 Å². The van der Waals surface area contributed by atoms with Crippen LogP contribution in [0, 0.1) is 0 Å². The number of benzene rings is 1. The van der Waals surface area contributed by atoms with E-state index in [9.17, 15) is 0 Å². The first-order valence-electron chi connectivity index (χ1n) is 7.14. The Labute approximate surface area is 152 Å². The summed E-state index contributed by atoms with van der Waals surface area (Å²) < 4.78 is 11.6. The van der Waals surface area contributed by atoms with E-state index in [1.807, 2.05) is 24.3 Å². The largest absolute Gasteiger partial charge is 0.440 e. The minimum absolute atomic E-state index is 0.591. The Balaban J connectivity index is 1.56. The summed E-state index contributed by atoms with van der Waals surface area (Å²) in [7, 11) is 1.66. The van der Waals surface area contributed by atoms with Gasteiger partial charge in [-0.05, 0) is 12.1 Å². The summed E-state index contributed by atoms with van der Waals surface area (Å²) in [5, 5.41) is 12.8. The molecule has 9 heteroatoms. The van der Waals surface area contributed by atoms with Crippen LogP contribution in [0.3, 0.4) is 0 Å². The molecule has 0 spiro atoms. The van der Waals surface area contributed by atoms with Crippen molar-refractivity contribution in [2.45, 2.75) is 10.1 Å². The van der Waals surface area contributed by atoms with Crippen molar-refractivity contribution in [3.63, 3.8) is 0 Å². The zero-order valence-corrected chi connectivity index (χ0v) is 15.2. The monoisotopic (exact) mass is 382 g/mol. The molecular formula is C15H15ClN4O2S2. The van der Waals surface area contributed by atoms with Gasteiger partial charge in [0.2, 0.25) is 11.0 Å². The van der Waals surface area contributed by atoms with Crippen LogP contribution >= 0.6 is 34.7 Å². The van der Waals surface area contributed by atoms with E-state index in [2.05, 4.69) is 20.5 Å². The van der Waals surface area contributed by atoms with E-state index in [0.29, 0.717) is 35.6 Å². The van der Waals surface area contributed by atoms with E-state index in [4.69, 9.17) is 20.8 Å². The summed E-state index contributed by atoms with van der Waals surface area (Å²) in [5.74, 6) is 1.93.